The van der Waals surface area contributed by atoms with Crippen molar-refractivity contribution in [1.29, 1.82) is 0 Å². The number of hydrogen-bond donors (Lipinski definition) is 0. The fraction of sp³-hybridized carbons (Fsp3) is 0.636. The number of fused-ring (bicyclic) bond motifs is 1. The van der Waals surface area contributed by atoms with Gasteiger partial charge >= 0.3 is 0 Å². The van der Waals surface area contributed by atoms with Crippen molar-refractivity contribution in [3.8, 4) is 0 Å². The van der Waals surface area contributed by atoms with E-state index in [-0.39, 0.29) is 0 Å². The fourth-order valence-electron chi connectivity index (χ4n) is 3.25. The molecule has 1 aliphatic rings. The highest BCUT2D eigenvalue weighted by Crippen LogP contribution is 2.29. The summed E-state index contributed by atoms with van der Waals surface area (Å²) in [6, 6.07) is 8.06. The molecule has 1 aromatic carbocycles. The molecular weight excluding hydrogens is 306 g/mol. The van der Waals surface area contributed by atoms with Crippen LogP contribution >= 0.6 is 0 Å². The molecule has 0 aliphatic heterocycles. The van der Waals surface area contributed by atoms with Crippen molar-refractivity contribution in [2.75, 3.05) is 19.0 Å². The maximum absolute atomic E-state index is 4.42. The number of rotatable bonds is 2. The molecule has 1 saturated carbocycles. The van der Waals surface area contributed by atoms with E-state index < -0.39 is 0 Å². The molecule has 2 aromatic rings. The van der Waals surface area contributed by atoms with Gasteiger partial charge in [0.25, 0.3) is 0 Å². The number of para-hydroxylation sites is 1. The summed E-state index contributed by atoms with van der Waals surface area (Å²) in [6.45, 7) is 10.6. The molecule has 3 heteroatoms. The van der Waals surface area contributed by atoms with Crippen LogP contribution in [0.5, 0.6) is 0 Å². The molecule has 140 valence electrons. The Morgan fingerprint density at radius 2 is 1.60 bits per heavy atom. The van der Waals surface area contributed by atoms with Crippen LogP contribution in [0.1, 0.15) is 65.6 Å². The Bertz CT molecular complexity index is 614. The highest BCUT2D eigenvalue weighted by atomic mass is 15.1. The first-order valence-corrected chi connectivity index (χ1v) is 9.92. The Balaban J connectivity index is 0.000000246. The summed E-state index contributed by atoms with van der Waals surface area (Å²) in [5.41, 5.74) is 1.00. The summed E-state index contributed by atoms with van der Waals surface area (Å²) in [5.74, 6) is 3.88. The van der Waals surface area contributed by atoms with Crippen LogP contribution in [0.25, 0.3) is 10.9 Å². The lowest BCUT2D eigenvalue weighted by molar-refractivity contribution is 0.284. The molecule has 1 fully saturated rings. The predicted molar refractivity (Wildman–Crippen MR) is 111 cm³/mol. The molecule has 0 amide bonds. The summed E-state index contributed by atoms with van der Waals surface area (Å²) in [6.07, 6.45) is 7.37. The molecule has 0 bridgehead atoms. The highest BCUT2D eigenvalue weighted by Gasteiger charge is 2.15. The van der Waals surface area contributed by atoms with Gasteiger partial charge in [0.15, 0.2) is 0 Å². The minimum atomic E-state index is 0.812. The third kappa shape index (κ3) is 6.64. The average molecular weight is 344 g/mol. The fourth-order valence-corrected chi connectivity index (χ4v) is 3.25. The molecule has 0 unspecified atom stereocenters. The van der Waals surface area contributed by atoms with Gasteiger partial charge in [-0.15, -0.1) is 0 Å². The normalized spacial score (nSPS) is 19.3. The average Bonchev–Trinajstić information content (AvgIpc) is 2.63. The molecule has 0 spiro atoms. The van der Waals surface area contributed by atoms with Crippen LogP contribution in [0.3, 0.4) is 0 Å². The van der Waals surface area contributed by atoms with Gasteiger partial charge in [-0.05, 0) is 30.9 Å². The van der Waals surface area contributed by atoms with Crippen molar-refractivity contribution in [3.63, 3.8) is 0 Å². The quantitative estimate of drug-likeness (QED) is 0.645. The second-order valence-corrected chi connectivity index (χ2v) is 7.04. The van der Waals surface area contributed by atoms with Crippen LogP contribution in [0.15, 0.2) is 24.3 Å². The van der Waals surface area contributed by atoms with Gasteiger partial charge in [-0.25, -0.2) is 9.97 Å². The summed E-state index contributed by atoms with van der Waals surface area (Å²) < 4.78 is 0. The zero-order valence-electron chi connectivity index (χ0n) is 17.3. The van der Waals surface area contributed by atoms with Crippen LogP contribution in [0.4, 0.5) is 5.82 Å². The molecule has 1 aromatic heterocycles. The SMILES string of the molecule is CC.CCC1CCC(C)CC1.Cc1nc(N(C)C)c2ccccc2n1. The lowest BCUT2D eigenvalue weighted by Crippen LogP contribution is -2.12. The Labute approximate surface area is 154 Å². The maximum Gasteiger partial charge on any atom is 0.139 e. The van der Waals surface area contributed by atoms with Crippen molar-refractivity contribution in [2.24, 2.45) is 11.8 Å². The van der Waals surface area contributed by atoms with Crippen LogP contribution in [0, 0.1) is 18.8 Å². The molecule has 3 rings (SSSR count). The van der Waals surface area contributed by atoms with Crippen molar-refractivity contribution < 1.29 is 0 Å². The van der Waals surface area contributed by atoms with Crippen molar-refractivity contribution >= 4 is 16.7 Å². The molecule has 1 aliphatic carbocycles. The monoisotopic (exact) mass is 343 g/mol. The first-order valence-electron chi connectivity index (χ1n) is 9.92. The minimum absolute atomic E-state index is 0.812. The number of benzene rings is 1. The number of nitrogens with zero attached hydrogens (tertiary/aromatic N) is 3. The summed E-state index contributed by atoms with van der Waals surface area (Å²) in [7, 11) is 3.99. The van der Waals surface area contributed by atoms with Gasteiger partial charge in [0.2, 0.25) is 0 Å². The number of aryl methyl sites for hydroxylation is 1. The number of hydrogen-bond acceptors (Lipinski definition) is 3. The zero-order chi connectivity index (χ0) is 18.8. The largest absolute Gasteiger partial charge is 0.362 e. The minimum Gasteiger partial charge on any atom is -0.362 e. The molecule has 0 atom stereocenters. The lowest BCUT2D eigenvalue weighted by atomic mass is 9.82. The molecule has 25 heavy (non-hydrogen) atoms. The molecule has 1 heterocycles. The van der Waals surface area contributed by atoms with Gasteiger partial charge in [0.1, 0.15) is 11.6 Å². The highest BCUT2D eigenvalue weighted by molar-refractivity contribution is 5.89. The molecule has 0 N–H and O–H groups in total. The molecular formula is C22H37N3. The van der Waals surface area contributed by atoms with Gasteiger partial charge in [0, 0.05) is 19.5 Å². The maximum atomic E-state index is 4.42. The number of aromatic nitrogens is 2. The third-order valence-electron chi connectivity index (χ3n) is 4.83. The van der Waals surface area contributed by atoms with E-state index in [0.29, 0.717) is 0 Å². The van der Waals surface area contributed by atoms with E-state index in [1.807, 2.05) is 64.0 Å². The van der Waals surface area contributed by atoms with E-state index in [2.05, 4.69) is 23.8 Å². The number of anilines is 1. The Kier molecular flexibility index (Phi) is 9.48. The van der Waals surface area contributed by atoms with E-state index in [9.17, 15) is 0 Å². The molecule has 0 radical (unpaired) electrons. The second kappa shape index (κ2) is 11.1. The second-order valence-electron chi connectivity index (χ2n) is 7.04. The lowest BCUT2D eigenvalue weighted by Gasteiger charge is -2.24. The van der Waals surface area contributed by atoms with Crippen LogP contribution in [-0.4, -0.2) is 24.1 Å². The first kappa shape index (κ1) is 21.4. The van der Waals surface area contributed by atoms with Crippen molar-refractivity contribution in [3.05, 3.63) is 30.1 Å². The summed E-state index contributed by atoms with van der Waals surface area (Å²) in [4.78, 5) is 10.8. The summed E-state index contributed by atoms with van der Waals surface area (Å²) in [5, 5.41) is 1.10. The third-order valence-corrected chi connectivity index (χ3v) is 4.83. The molecule has 3 nitrogen and oxygen atoms in total. The predicted octanol–water partition coefficient (Wildman–Crippen LogP) is 6.25. The summed E-state index contributed by atoms with van der Waals surface area (Å²) >= 11 is 0. The Morgan fingerprint density at radius 1 is 1.00 bits per heavy atom. The Hall–Kier alpha value is -1.64. The van der Waals surface area contributed by atoms with Gasteiger partial charge in [-0.1, -0.05) is 71.9 Å². The van der Waals surface area contributed by atoms with Crippen LogP contribution in [0.2, 0.25) is 0 Å². The Morgan fingerprint density at radius 3 is 2.16 bits per heavy atom. The topological polar surface area (TPSA) is 29.0 Å². The van der Waals surface area contributed by atoms with Crippen LogP contribution < -0.4 is 4.90 Å². The molecule has 0 saturated heterocycles. The standard InChI is InChI=1S/C11H13N3.C9H18.C2H6/c1-8-12-10-7-5-4-6-9(10)11(13-8)14(2)3;1-3-9-6-4-8(2)5-7-9;1-2/h4-7H,1-3H3;8-9H,3-7H2,1-2H3;1-2H3. The van der Waals surface area contributed by atoms with Gasteiger partial charge in [-0.2, -0.15) is 0 Å². The van der Waals surface area contributed by atoms with Gasteiger partial charge in [0.05, 0.1) is 5.52 Å². The smallest absolute Gasteiger partial charge is 0.139 e. The van der Waals surface area contributed by atoms with Crippen LogP contribution in [-0.2, 0) is 0 Å². The van der Waals surface area contributed by atoms with E-state index >= 15 is 0 Å². The van der Waals surface area contributed by atoms with E-state index in [1.165, 1.54) is 32.1 Å². The van der Waals surface area contributed by atoms with Crippen molar-refractivity contribution in [1.82, 2.24) is 9.97 Å². The van der Waals surface area contributed by atoms with Gasteiger partial charge in [-0.3, -0.25) is 0 Å². The van der Waals surface area contributed by atoms with Gasteiger partial charge < -0.3 is 4.90 Å². The van der Waals surface area contributed by atoms with E-state index in [0.717, 1.165) is 34.4 Å². The first-order chi connectivity index (χ1) is 12.0. The van der Waals surface area contributed by atoms with E-state index in [4.69, 9.17) is 0 Å². The zero-order valence-corrected chi connectivity index (χ0v) is 17.3. The van der Waals surface area contributed by atoms with Crippen molar-refractivity contribution in [2.45, 2.75) is 66.7 Å². The van der Waals surface area contributed by atoms with E-state index in [1.54, 1.807) is 0 Å².